The highest BCUT2D eigenvalue weighted by Crippen LogP contribution is 2.31. The Balaban J connectivity index is 2.30. The molecule has 1 aromatic rings. The van der Waals surface area contributed by atoms with Crippen LogP contribution in [0.5, 0.6) is 0 Å². The average Bonchev–Trinajstić information content (AvgIpc) is 2.52. The first-order valence-electron chi connectivity index (χ1n) is 7.93. The Kier molecular flexibility index (Phi) is 5.57. The highest BCUT2D eigenvalue weighted by molar-refractivity contribution is 5.72. The second kappa shape index (κ2) is 7.41. The molecule has 1 aliphatic carbocycles. The lowest BCUT2D eigenvalue weighted by Gasteiger charge is -2.42. The molecule has 0 spiro atoms. The molecule has 2 rings (SSSR count). The summed E-state index contributed by atoms with van der Waals surface area (Å²) in [7, 11) is 0. The van der Waals surface area contributed by atoms with Crippen molar-refractivity contribution < 1.29 is 4.79 Å². The second-order valence-electron chi connectivity index (χ2n) is 5.87. The van der Waals surface area contributed by atoms with Gasteiger partial charge in [-0.15, -0.1) is 0 Å². The largest absolute Gasteiger partial charge is 0.301 e. The van der Waals surface area contributed by atoms with E-state index in [0.717, 1.165) is 50.6 Å². The van der Waals surface area contributed by atoms with Gasteiger partial charge in [-0.05, 0) is 50.3 Å². The van der Waals surface area contributed by atoms with Crippen LogP contribution in [0, 0.1) is 6.92 Å². The van der Waals surface area contributed by atoms with E-state index in [2.05, 4.69) is 60.7 Å². The third-order valence-corrected chi connectivity index (χ3v) is 4.11. The molecule has 1 atom stereocenters. The van der Waals surface area contributed by atoms with Crippen LogP contribution in [0.4, 0.5) is 5.69 Å². The van der Waals surface area contributed by atoms with Crippen molar-refractivity contribution in [1.29, 1.82) is 0 Å². The lowest BCUT2D eigenvalue weighted by atomic mass is 9.86. The Hall–Kier alpha value is -1.61. The molecule has 1 N–H and O–H groups in total. The van der Waals surface area contributed by atoms with Gasteiger partial charge in [0.1, 0.15) is 11.8 Å². The number of unbranched alkanes of at least 4 members (excludes halogenated alkanes) is 1. The number of nitrogens with zero attached hydrogens (tertiary/aromatic N) is 1. The van der Waals surface area contributed by atoms with Crippen molar-refractivity contribution in [3.05, 3.63) is 42.0 Å². The van der Waals surface area contributed by atoms with Gasteiger partial charge >= 0.3 is 0 Å². The Morgan fingerprint density at radius 2 is 2.24 bits per heavy atom. The van der Waals surface area contributed by atoms with Crippen LogP contribution in [0.25, 0.3) is 0 Å². The van der Waals surface area contributed by atoms with Crippen molar-refractivity contribution in [2.24, 2.45) is 0 Å². The quantitative estimate of drug-likeness (QED) is 0.358. The molecular formula is C18H26N2O. The zero-order valence-electron chi connectivity index (χ0n) is 13.1. The summed E-state index contributed by atoms with van der Waals surface area (Å²) in [5.41, 5.74) is 5.32. The molecule has 21 heavy (non-hydrogen) atoms. The average molecular weight is 286 g/mol. The van der Waals surface area contributed by atoms with Crippen molar-refractivity contribution in [3.8, 4) is 0 Å². The number of allylic oxidation sites excluding steroid dienone is 1. The van der Waals surface area contributed by atoms with Gasteiger partial charge in [-0.3, -0.25) is 5.01 Å². The summed E-state index contributed by atoms with van der Waals surface area (Å²) in [5, 5.41) is 2.10. The van der Waals surface area contributed by atoms with Crippen LogP contribution < -0.4 is 10.4 Å². The smallest absolute Gasteiger partial charge is 0.147 e. The third-order valence-electron chi connectivity index (χ3n) is 4.11. The van der Waals surface area contributed by atoms with E-state index in [1.807, 2.05) is 0 Å². The number of anilines is 1. The fourth-order valence-corrected chi connectivity index (χ4v) is 2.84. The van der Waals surface area contributed by atoms with E-state index in [1.165, 1.54) is 5.56 Å². The van der Waals surface area contributed by atoms with Crippen LogP contribution in [0.2, 0.25) is 0 Å². The van der Waals surface area contributed by atoms with Gasteiger partial charge in [0.05, 0.1) is 5.69 Å². The predicted molar refractivity (Wildman–Crippen MR) is 88.4 cm³/mol. The minimum Gasteiger partial charge on any atom is -0.301 e. The van der Waals surface area contributed by atoms with E-state index >= 15 is 0 Å². The van der Waals surface area contributed by atoms with E-state index in [-0.39, 0.29) is 0 Å². The van der Waals surface area contributed by atoms with Crippen molar-refractivity contribution in [2.45, 2.75) is 51.5 Å². The number of aldehydes is 1. The Morgan fingerprint density at radius 3 is 2.86 bits per heavy atom. The maximum absolute atomic E-state index is 11.9. The predicted octanol–water partition coefficient (Wildman–Crippen LogP) is 3.78. The van der Waals surface area contributed by atoms with Crippen LogP contribution in [0.15, 0.2) is 36.4 Å². The summed E-state index contributed by atoms with van der Waals surface area (Å²) < 4.78 is 0. The molecule has 1 aliphatic rings. The number of hydrogen-bond donors (Lipinski definition) is 1. The van der Waals surface area contributed by atoms with E-state index in [4.69, 9.17) is 0 Å². The Labute approximate surface area is 128 Å². The molecule has 0 aromatic heterocycles. The molecule has 0 saturated heterocycles. The number of rotatable bonds is 7. The van der Waals surface area contributed by atoms with Crippen LogP contribution in [0.1, 0.15) is 44.6 Å². The van der Waals surface area contributed by atoms with Crippen molar-refractivity contribution >= 4 is 12.0 Å². The second-order valence-corrected chi connectivity index (χ2v) is 5.87. The van der Waals surface area contributed by atoms with Gasteiger partial charge < -0.3 is 4.79 Å². The molecule has 0 fully saturated rings. The number of carbonyl (C=O) groups is 1. The first-order chi connectivity index (χ1) is 10.2. The minimum atomic E-state index is -0.462. The molecule has 0 heterocycles. The Bertz CT molecular complexity index is 498. The molecule has 1 unspecified atom stereocenters. The van der Waals surface area contributed by atoms with Crippen molar-refractivity contribution in [1.82, 2.24) is 5.43 Å². The lowest BCUT2D eigenvalue weighted by Crippen LogP contribution is -2.58. The molecule has 3 nitrogen and oxygen atoms in total. The van der Waals surface area contributed by atoms with Crippen molar-refractivity contribution in [3.63, 3.8) is 0 Å². The zero-order valence-corrected chi connectivity index (χ0v) is 13.1. The molecule has 0 bridgehead atoms. The van der Waals surface area contributed by atoms with Gasteiger partial charge in [-0.25, -0.2) is 5.43 Å². The highest BCUT2D eigenvalue weighted by Gasteiger charge is 2.37. The van der Waals surface area contributed by atoms with Crippen LogP contribution in [0.3, 0.4) is 0 Å². The van der Waals surface area contributed by atoms with Gasteiger partial charge in [0, 0.05) is 6.54 Å². The SMILES string of the molecule is CCCCNN(c1cccc(C)c1)C1(C=O)CC=CCC1. The lowest BCUT2D eigenvalue weighted by molar-refractivity contribution is -0.112. The molecule has 0 aliphatic heterocycles. The number of hydrogen-bond acceptors (Lipinski definition) is 3. The standard InChI is InChI=1S/C18H26N2O/c1-3-4-13-19-20(17-10-8-9-16(2)14-17)18(15-21)11-6-5-7-12-18/h5-6,8-10,14-15,19H,3-4,7,11-13H2,1-2H3. The molecule has 0 radical (unpaired) electrons. The summed E-state index contributed by atoms with van der Waals surface area (Å²) >= 11 is 0. The normalized spacial score (nSPS) is 21.2. The third kappa shape index (κ3) is 3.73. The summed E-state index contributed by atoms with van der Waals surface area (Å²) in [6.07, 6.45) is 10.2. The minimum absolute atomic E-state index is 0.462. The van der Waals surface area contributed by atoms with Crippen LogP contribution in [-0.2, 0) is 4.79 Å². The first kappa shape index (κ1) is 15.8. The number of nitrogens with one attached hydrogen (secondary N) is 1. The van der Waals surface area contributed by atoms with Gasteiger partial charge in [0.2, 0.25) is 0 Å². The highest BCUT2D eigenvalue weighted by atomic mass is 16.1. The van der Waals surface area contributed by atoms with E-state index in [1.54, 1.807) is 0 Å². The summed E-state index contributed by atoms with van der Waals surface area (Å²) in [5.74, 6) is 0. The maximum Gasteiger partial charge on any atom is 0.147 e. The summed E-state index contributed by atoms with van der Waals surface area (Å²) in [4.78, 5) is 11.9. The molecule has 0 amide bonds. The molecule has 3 heteroatoms. The number of benzene rings is 1. The fourth-order valence-electron chi connectivity index (χ4n) is 2.84. The zero-order chi connectivity index (χ0) is 15.1. The van der Waals surface area contributed by atoms with Crippen LogP contribution in [-0.4, -0.2) is 18.4 Å². The topological polar surface area (TPSA) is 32.3 Å². The van der Waals surface area contributed by atoms with Gasteiger partial charge in [-0.2, -0.15) is 0 Å². The van der Waals surface area contributed by atoms with E-state index in [0.29, 0.717) is 0 Å². The monoisotopic (exact) mass is 286 g/mol. The molecular weight excluding hydrogens is 260 g/mol. The molecule has 114 valence electrons. The van der Waals surface area contributed by atoms with Gasteiger partial charge in [0.25, 0.3) is 0 Å². The fraction of sp³-hybridized carbons (Fsp3) is 0.500. The van der Waals surface area contributed by atoms with Gasteiger partial charge in [0.15, 0.2) is 0 Å². The number of carbonyl (C=O) groups excluding carboxylic acids is 1. The Morgan fingerprint density at radius 1 is 1.38 bits per heavy atom. The van der Waals surface area contributed by atoms with Gasteiger partial charge in [-0.1, -0.05) is 37.6 Å². The van der Waals surface area contributed by atoms with Crippen LogP contribution >= 0.6 is 0 Å². The summed E-state index contributed by atoms with van der Waals surface area (Å²) in [6.45, 7) is 5.16. The number of aryl methyl sites for hydroxylation is 1. The van der Waals surface area contributed by atoms with E-state index in [9.17, 15) is 4.79 Å². The number of hydrazine groups is 1. The molecule has 1 aromatic carbocycles. The van der Waals surface area contributed by atoms with Crippen molar-refractivity contribution in [2.75, 3.05) is 11.6 Å². The maximum atomic E-state index is 11.9. The molecule has 0 saturated carbocycles. The first-order valence-corrected chi connectivity index (χ1v) is 7.93. The summed E-state index contributed by atoms with van der Waals surface area (Å²) in [6, 6.07) is 8.36. The van der Waals surface area contributed by atoms with E-state index < -0.39 is 5.54 Å².